The Bertz CT molecular complexity index is 508. The molecule has 2 rings (SSSR count). The summed E-state index contributed by atoms with van der Waals surface area (Å²) >= 11 is 0. The van der Waals surface area contributed by atoms with Crippen LogP contribution in [0.4, 0.5) is 5.69 Å². The molecule has 0 atom stereocenters. The summed E-state index contributed by atoms with van der Waals surface area (Å²) in [5.74, 6) is 0.773. The molecule has 2 aromatic carbocycles. The van der Waals surface area contributed by atoms with Gasteiger partial charge < -0.3 is 15.2 Å². The van der Waals surface area contributed by atoms with Crippen LogP contribution >= 0.6 is 0 Å². The van der Waals surface area contributed by atoms with Gasteiger partial charge in [0.15, 0.2) is 0 Å². The summed E-state index contributed by atoms with van der Waals surface area (Å²) in [6, 6.07) is 16.2. The zero-order chi connectivity index (χ0) is 13.5. The molecule has 0 aromatic heterocycles. The molecule has 0 aliphatic heterocycles. The van der Waals surface area contributed by atoms with E-state index in [2.05, 4.69) is 36.5 Å². The molecule has 0 aliphatic carbocycles. The maximum atomic E-state index is 8.68. The second kappa shape index (κ2) is 6.81. The van der Waals surface area contributed by atoms with Crippen LogP contribution in [0.3, 0.4) is 0 Å². The van der Waals surface area contributed by atoms with Crippen molar-refractivity contribution in [2.24, 2.45) is 0 Å². The zero-order valence-corrected chi connectivity index (χ0v) is 11.1. The molecule has 0 bridgehead atoms. The normalized spacial score (nSPS) is 10.2. The average molecular weight is 257 g/mol. The SMILES string of the molecule is Cc1cccc(CNc2ccc(OCCO)cc2)c1. The minimum atomic E-state index is 0.0351. The molecule has 19 heavy (non-hydrogen) atoms. The fourth-order valence-corrected chi connectivity index (χ4v) is 1.86. The van der Waals surface area contributed by atoms with Crippen molar-refractivity contribution in [1.82, 2.24) is 0 Å². The van der Waals surface area contributed by atoms with Crippen molar-refractivity contribution in [2.45, 2.75) is 13.5 Å². The van der Waals surface area contributed by atoms with Crippen LogP contribution in [-0.4, -0.2) is 18.3 Å². The Morgan fingerprint density at radius 3 is 2.58 bits per heavy atom. The van der Waals surface area contributed by atoms with Crippen molar-refractivity contribution < 1.29 is 9.84 Å². The third-order valence-corrected chi connectivity index (χ3v) is 2.79. The van der Waals surface area contributed by atoms with Gasteiger partial charge in [-0.2, -0.15) is 0 Å². The Kier molecular flexibility index (Phi) is 4.81. The molecule has 0 saturated heterocycles. The Morgan fingerprint density at radius 2 is 1.89 bits per heavy atom. The highest BCUT2D eigenvalue weighted by atomic mass is 16.5. The minimum Gasteiger partial charge on any atom is -0.491 e. The fourth-order valence-electron chi connectivity index (χ4n) is 1.86. The minimum absolute atomic E-state index is 0.0351. The van der Waals surface area contributed by atoms with E-state index >= 15 is 0 Å². The first-order valence-corrected chi connectivity index (χ1v) is 6.41. The van der Waals surface area contributed by atoms with E-state index in [1.54, 1.807) is 0 Å². The highest BCUT2D eigenvalue weighted by Crippen LogP contribution is 2.16. The lowest BCUT2D eigenvalue weighted by Crippen LogP contribution is -2.02. The van der Waals surface area contributed by atoms with Crippen LogP contribution in [0.25, 0.3) is 0 Å². The second-order valence-electron chi connectivity index (χ2n) is 4.44. The molecular weight excluding hydrogens is 238 g/mol. The molecule has 0 heterocycles. The Hall–Kier alpha value is -2.00. The van der Waals surface area contributed by atoms with Crippen molar-refractivity contribution in [3.63, 3.8) is 0 Å². The van der Waals surface area contributed by atoms with Crippen molar-refractivity contribution in [3.05, 3.63) is 59.7 Å². The summed E-state index contributed by atoms with van der Waals surface area (Å²) in [5.41, 5.74) is 3.59. The van der Waals surface area contributed by atoms with E-state index in [1.807, 2.05) is 24.3 Å². The number of aliphatic hydroxyl groups is 1. The summed E-state index contributed by atoms with van der Waals surface area (Å²) in [7, 11) is 0. The van der Waals surface area contributed by atoms with Gasteiger partial charge in [0, 0.05) is 12.2 Å². The van der Waals surface area contributed by atoms with Gasteiger partial charge in [0.25, 0.3) is 0 Å². The third kappa shape index (κ3) is 4.30. The lowest BCUT2D eigenvalue weighted by atomic mass is 10.1. The van der Waals surface area contributed by atoms with E-state index in [4.69, 9.17) is 9.84 Å². The number of aliphatic hydroxyl groups excluding tert-OH is 1. The summed E-state index contributed by atoms with van der Waals surface area (Å²) in [4.78, 5) is 0. The molecular formula is C16H19NO2. The van der Waals surface area contributed by atoms with Gasteiger partial charge in [-0.25, -0.2) is 0 Å². The van der Waals surface area contributed by atoms with Crippen molar-refractivity contribution in [3.8, 4) is 5.75 Å². The quantitative estimate of drug-likeness (QED) is 0.836. The largest absolute Gasteiger partial charge is 0.491 e. The van der Waals surface area contributed by atoms with Gasteiger partial charge in [-0.3, -0.25) is 0 Å². The maximum Gasteiger partial charge on any atom is 0.119 e. The highest BCUT2D eigenvalue weighted by Gasteiger charge is 1.96. The Balaban J connectivity index is 1.89. The summed E-state index contributed by atoms with van der Waals surface area (Å²) < 4.78 is 5.31. The van der Waals surface area contributed by atoms with Gasteiger partial charge in [0.2, 0.25) is 0 Å². The van der Waals surface area contributed by atoms with Crippen molar-refractivity contribution in [2.75, 3.05) is 18.5 Å². The average Bonchev–Trinajstić information content (AvgIpc) is 2.44. The van der Waals surface area contributed by atoms with Crippen LogP contribution in [0, 0.1) is 6.92 Å². The van der Waals surface area contributed by atoms with Crippen LogP contribution in [0.1, 0.15) is 11.1 Å². The molecule has 0 amide bonds. The number of ether oxygens (including phenoxy) is 1. The van der Waals surface area contributed by atoms with E-state index in [0.29, 0.717) is 6.61 Å². The lowest BCUT2D eigenvalue weighted by molar-refractivity contribution is 0.201. The van der Waals surface area contributed by atoms with Crippen molar-refractivity contribution >= 4 is 5.69 Å². The van der Waals surface area contributed by atoms with Gasteiger partial charge in [0.05, 0.1) is 6.61 Å². The fraction of sp³-hybridized carbons (Fsp3) is 0.250. The molecule has 3 heteroatoms. The highest BCUT2D eigenvalue weighted by molar-refractivity contribution is 5.46. The van der Waals surface area contributed by atoms with Gasteiger partial charge in [-0.15, -0.1) is 0 Å². The topological polar surface area (TPSA) is 41.5 Å². The molecule has 0 saturated carbocycles. The number of nitrogens with one attached hydrogen (secondary N) is 1. The molecule has 0 fully saturated rings. The summed E-state index contributed by atoms with van der Waals surface area (Å²) in [5, 5.41) is 12.0. The predicted molar refractivity (Wildman–Crippen MR) is 77.5 cm³/mol. The lowest BCUT2D eigenvalue weighted by Gasteiger charge is -2.09. The number of aryl methyl sites for hydroxylation is 1. The molecule has 2 N–H and O–H groups in total. The maximum absolute atomic E-state index is 8.68. The zero-order valence-electron chi connectivity index (χ0n) is 11.1. The van der Waals surface area contributed by atoms with E-state index in [1.165, 1.54) is 11.1 Å². The molecule has 100 valence electrons. The molecule has 0 spiro atoms. The van der Waals surface area contributed by atoms with Gasteiger partial charge in [-0.1, -0.05) is 29.8 Å². The van der Waals surface area contributed by atoms with E-state index in [9.17, 15) is 0 Å². The molecule has 0 radical (unpaired) electrons. The predicted octanol–water partition coefficient (Wildman–Crippen LogP) is 2.98. The number of hydrogen-bond acceptors (Lipinski definition) is 3. The molecule has 0 aliphatic rings. The number of hydrogen-bond donors (Lipinski definition) is 2. The van der Waals surface area contributed by atoms with Crippen LogP contribution in [0.2, 0.25) is 0 Å². The van der Waals surface area contributed by atoms with Gasteiger partial charge in [-0.05, 0) is 36.8 Å². The number of benzene rings is 2. The monoisotopic (exact) mass is 257 g/mol. The van der Waals surface area contributed by atoms with Crippen LogP contribution in [-0.2, 0) is 6.54 Å². The van der Waals surface area contributed by atoms with E-state index in [-0.39, 0.29) is 6.61 Å². The second-order valence-corrected chi connectivity index (χ2v) is 4.44. The number of anilines is 1. The Morgan fingerprint density at radius 1 is 1.11 bits per heavy atom. The molecule has 0 unspecified atom stereocenters. The third-order valence-electron chi connectivity index (χ3n) is 2.79. The molecule has 2 aromatic rings. The Labute approximate surface area is 113 Å². The number of rotatable bonds is 6. The van der Waals surface area contributed by atoms with E-state index < -0.39 is 0 Å². The van der Waals surface area contributed by atoms with Crippen LogP contribution < -0.4 is 10.1 Å². The first-order chi connectivity index (χ1) is 9.28. The first kappa shape index (κ1) is 13.4. The smallest absolute Gasteiger partial charge is 0.119 e. The van der Waals surface area contributed by atoms with Crippen molar-refractivity contribution in [1.29, 1.82) is 0 Å². The van der Waals surface area contributed by atoms with Crippen LogP contribution in [0.15, 0.2) is 48.5 Å². The standard InChI is InChI=1S/C16H19NO2/c1-13-3-2-4-14(11-13)12-17-15-5-7-16(8-6-15)19-10-9-18/h2-8,11,17-18H,9-10,12H2,1H3. The van der Waals surface area contributed by atoms with Gasteiger partial charge in [0.1, 0.15) is 12.4 Å². The first-order valence-electron chi connectivity index (χ1n) is 6.41. The molecule has 3 nitrogen and oxygen atoms in total. The summed E-state index contributed by atoms with van der Waals surface area (Å²) in [6.07, 6.45) is 0. The van der Waals surface area contributed by atoms with Crippen LogP contribution in [0.5, 0.6) is 5.75 Å². The summed E-state index contributed by atoms with van der Waals surface area (Å²) in [6.45, 7) is 3.26. The van der Waals surface area contributed by atoms with Gasteiger partial charge >= 0.3 is 0 Å². The van der Waals surface area contributed by atoms with E-state index in [0.717, 1.165) is 18.0 Å².